The van der Waals surface area contributed by atoms with E-state index in [-0.39, 0.29) is 0 Å². The Morgan fingerprint density at radius 3 is 2.71 bits per heavy atom. The van der Waals surface area contributed by atoms with E-state index in [1.165, 1.54) is 23.1 Å². The molecule has 2 heteroatoms. The van der Waals surface area contributed by atoms with E-state index in [1.54, 1.807) is 7.11 Å². The molecule has 0 spiro atoms. The third-order valence-corrected chi connectivity index (χ3v) is 4.44. The first-order valence-electron chi connectivity index (χ1n) is 7.79. The summed E-state index contributed by atoms with van der Waals surface area (Å²) >= 11 is 0. The quantitative estimate of drug-likeness (QED) is 0.875. The van der Waals surface area contributed by atoms with Gasteiger partial charge in [-0.3, -0.25) is 0 Å². The van der Waals surface area contributed by atoms with Crippen molar-refractivity contribution in [3.05, 3.63) is 65.2 Å². The van der Waals surface area contributed by atoms with E-state index in [4.69, 9.17) is 4.74 Å². The summed E-state index contributed by atoms with van der Waals surface area (Å²) < 4.78 is 5.38. The lowest BCUT2D eigenvalue weighted by atomic mass is 10.0. The lowest BCUT2D eigenvalue weighted by Gasteiger charge is -2.23. The maximum atomic E-state index is 5.38. The van der Waals surface area contributed by atoms with Gasteiger partial charge in [-0.2, -0.15) is 0 Å². The largest absolute Gasteiger partial charge is 0.497 e. The topological polar surface area (TPSA) is 21.3 Å². The molecule has 0 radical (unpaired) electrons. The summed E-state index contributed by atoms with van der Waals surface area (Å²) in [5, 5.41) is 3.83. The Labute approximate surface area is 127 Å². The van der Waals surface area contributed by atoms with E-state index in [0.29, 0.717) is 12.1 Å². The Morgan fingerprint density at radius 1 is 1.19 bits per heavy atom. The van der Waals surface area contributed by atoms with Crippen LogP contribution in [-0.4, -0.2) is 7.11 Å². The van der Waals surface area contributed by atoms with Crippen molar-refractivity contribution in [2.75, 3.05) is 7.11 Å². The SMILES string of the molecule is CCC(NC1CCc2ccc(OC)cc21)c1ccccc1. The molecule has 3 rings (SSSR count). The summed E-state index contributed by atoms with van der Waals surface area (Å²) in [4.78, 5) is 0. The van der Waals surface area contributed by atoms with Crippen LogP contribution >= 0.6 is 0 Å². The van der Waals surface area contributed by atoms with E-state index in [1.807, 2.05) is 0 Å². The Morgan fingerprint density at radius 2 is 2.00 bits per heavy atom. The minimum atomic E-state index is 0.411. The molecule has 1 aliphatic carbocycles. The molecule has 1 aliphatic rings. The standard InChI is InChI=1S/C19H23NO/c1-3-18(15-7-5-4-6-8-15)20-19-12-10-14-9-11-16(21-2)13-17(14)19/h4-9,11,13,18-20H,3,10,12H2,1-2H3. The van der Waals surface area contributed by atoms with Crippen LogP contribution in [0.25, 0.3) is 0 Å². The second kappa shape index (κ2) is 6.31. The van der Waals surface area contributed by atoms with Crippen LogP contribution in [0.3, 0.4) is 0 Å². The van der Waals surface area contributed by atoms with Gasteiger partial charge >= 0.3 is 0 Å². The Balaban J connectivity index is 1.80. The zero-order valence-electron chi connectivity index (χ0n) is 12.8. The van der Waals surface area contributed by atoms with Gasteiger partial charge in [0.15, 0.2) is 0 Å². The highest BCUT2D eigenvalue weighted by Crippen LogP contribution is 2.35. The minimum absolute atomic E-state index is 0.411. The molecule has 110 valence electrons. The third kappa shape index (κ3) is 2.96. The first-order valence-corrected chi connectivity index (χ1v) is 7.79. The normalized spacial score (nSPS) is 18.3. The van der Waals surface area contributed by atoms with E-state index in [2.05, 4.69) is 60.8 Å². The van der Waals surface area contributed by atoms with Crippen molar-refractivity contribution in [2.45, 2.75) is 38.3 Å². The molecule has 0 saturated carbocycles. The molecule has 2 atom stereocenters. The second-order valence-corrected chi connectivity index (χ2v) is 5.69. The van der Waals surface area contributed by atoms with Crippen LogP contribution in [0.2, 0.25) is 0 Å². The molecule has 2 aromatic rings. The van der Waals surface area contributed by atoms with Crippen LogP contribution in [0.15, 0.2) is 48.5 Å². The smallest absolute Gasteiger partial charge is 0.119 e. The molecular weight excluding hydrogens is 258 g/mol. The summed E-state index contributed by atoms with van der Waals surface area (Å²) in [5.74, 6) is 0.954. The molecule has 0 heterocycles. The van der Waals surface area contributed by atoms with Gasteiger partial charge in [0.2, 0.25) is 0 Å². The van der Waals surface area contributed by atoms with Gasteiger partial charge in [0.1, 0.15) is 5.75 Å². The lowest BCUT2D eigenvalue weighted by Crippen LogP contribution is -2.24. The van der Waals surface area contributed by atoms with Crippen molar-refractivity contribution in [3.63, 3.8) is 0 Å². The van der Waals surface area contributed by atoms with Gasteiger partial charge in [0, 0.05) is 12.1 Å². The van der Waals surface area contributed by atoms with Gasteiger partial charge in [0.05, 0.1) is 7.11 Å². The van der Waals surface area contributed by atoms with Gasteiger partial charge in [-0.05, 0) is 48.1 Å². The summed E-state index contributed by atoms with van der Waals surface area (Å²) in [5.41, 5.74) is 4.23. The number of hydrogen-bond acceptors (Lipinski definition) is 2. The average molecular weight is 281 g/mol. The van der Waals surface area contributed by atoms with E-state index in [9.17, 15) is 0 Å². The van der Waals surface area contributed by atoms with E-state index in [0.717, 1.165) is 18.6 Å². The number of benzene rings is 2. The number of nitrogens with one attached hydrogen (secondary N) is 1. The summed E-state index contributed by atoms with van der Waals surface area (Å²) in [6.07, 6.45) is 3.42. The van der Waals surface area contributed by atoms with Crippen molar-refractivity contribution in [1.82, 2.24) is 5.32 Å². The molecule has 0 aromatic heterocycles. The predicted octanol–water partition coefficient (Wildman–Crippen LogP) is 4.42. The number of rotatable bonds is 5. The molecule has 2 nitrogen and oxygen atoms in total. The van der Waals surface area contributed by atoms with Gasteiger partial charge in [-0.25, -0.2) is 0 Å². The summed E-state index contributed by atoms with van der Waals surface area (Å²) in [6, 6.07) is 18.0. The first kappa shape index (κ1) is 14.2. The van der Waals surface area contributed by atoms with E-state index >= 15 is 0 Å². The van der Waals surface area contributed by atoms with Crippen LogP contribution in [0.4, 0.5) is 0 Å². The van der Waals surface area contributed by atoms with Gasteiger partial charge in [-0.15, -0.1) is 0 Å². The van der Waals surface area contributed by atoms with Crippen LogP contribution in [-0.2, 0) is 6.42 Å². The first-order chi connectivity index (χ1) is 10.3. The highest BCUT2D eigenvalue weighted by molar-refractivity contribution is 5.41. The van der Waals surface area contributed by atoms with Crippen LogP contribution in [0, 0.1) is 0 Å². The average Bonchev–Trinajstić information content (AvgIpc) is 2.95. The Kier molecular flexibility index (Phi) is 4.26. The molecule has 0 aliphatic heterocycles. The van der Waals surface area contributed by atoms with Crippen molar-refractivity contribution >= 4 is 0 Å². The maximum Gasteiger partial charge on any atom is 0.119 e. The summed E-state index contributed by atoms with van der Waals surface area (Å²) in [7, 11) is 1.73. The third-order valence-electron chi connectivity index (χ3n) is 4.44. The highest BCUT2D eigenvalue weighted by Gasteiger charge is 2.25. The van der Waals surface area contributed by atoms with Crippen LogP contribution in [0.1, 0.15) is 48.5 Å². The zero-order chi connectivity index (χ0) is 14.7. The molecule has 0 saturated heterocycles. The Bertz CT molecular complexity index is 594. The van der Waals surface area contributed by atoms with E-state index < -0.39 is 0 Å². The van der Waals surface area contributed by atoms with Crippen molar-refractivity contribution in [2.24, 2.45) is 0 Å². The second-order valence-electron chi connectivity index (χ2n) is 5.69. The maximum absolute atomic E-state index is 5.38. The molecule has 1 N–H and O–H groups in total. The van der Waals surface area contributed by atoms with Crippen molar-refractivity contribution < 1.29 is 4.74 Å². The van der Waals surface area contributed by atoms with Crippen LogP contribution < -0.4 is 10.1 Å². The molecule has 0 amide bonds. The fourth-order valence-corrected chi connectivity index (χ4v) is 3.26. The summed E-state index contributed by atoms with van der Waals surface area (Å²) in [6.45, 7) is 2.24. The minimum Gasteiger partial charge on any atom is -0.497 e. The molecule has 2 aromatic carbocycles. The van der Waals surface area contributed by atoms with Crippen LogP contribution in [0.5, 0.6) is 5.75 Å². The molecule has 0 fully saturated rings. The van der Waals surface area contributed by atoms with Gasteiger partial charge in [0.25, 0.3) is 0 Å². The highest BCUT2D eigenvalue weighted by atomic mass is 16.5. The van der Waals surface area contributed by atoms with Crippen molar-refractivity contribution in [1.29, 1.82) is 0 Å². The fourth-order valence-electron chi connectivity index (χ4n) is 3.26. The van der Waals surface area contributed by atoms with Gasteiger partial charge < -0.3 is 10.1 Å². The number of fused-ring (bicyclic) bond motifs is 1. The number of ether oxygens (including phenoxy) is 1. The molecule has 0 bridgehead atoms. The fraction of sp³-hybridized carbons (Fsp3) is 0.368. The number of aryl methyl sites for hydroxylation is 1. The molecule has 2 unspecified atom stereocenters. The Hall–Kier alpha value is -1.80. The van der Waals surface area contributed by atoms with Crippen molar-refractivity contribution in [3.8, 4) is 5.75 Å². The zero-order valence-corrected chi connectivity index (χ0v) is 12.8. The molecule has 21 heavy (non-hydrogen) atoms. The number of hydrogen-bond donors (Lipinski definition) is 1. The van der Waals surface area contributed by atoms with Gasteiger partial charge in [-0.1, -0.05) is 43.3 Å². The monoisotopic (exact) mass is 281 g/mol. The predicted molar refractivity (Wildman–Crippen MR) is 86.7 cm³/mol. The number of methoxy groups -OCH3 is 1. The molecular formula is C19H23NO. The lowest BCUT2D eigenvalue weighted by molar-refractivity contribution is 0.410.